The zero-order valence-corrected chi connectivity index (χ0v) is 16.2. The number of hydrogen-bond acceptors (Lipinski definition) is 4. The number of carboxylic acid groups (broad SMARTS) is 1. The van der Waals surface area contributed by atoms with Crippen molar-refractivity contribution in [3.05, 3.63) is 35.9 Å². The highest BCUT2D eigenvalue weighted by molar-refractivity contribution is 6.35. The molecule has 1 aliphatic heterocycles. The Morgan fingerprint density at radius 3 is 2.27 bits per heavy atom. The van der Waals surface area contributed by atoms with E-state index >= 15 is 0 Å². The maximum absolute atomic E-state index is 13.3. The number of quaternary nitrogens is 1. The van der Waals surface area contributed by atoms with Crippen LogP contribution in [-0.4, -0.2) is 41.3 Å². The van der Waals surface area contributed by atoms with Crippen molar-refractivity contribution in [2.24, 2.45) is 5.41 Å². The highest BCUT2D eigenvalue weighted by Gasteiger charge is 2.57. The Bertz CT molecular complexity index is 683. The molecule has 5 nitrogen and oxygen atoms in total. The number of nitrogens with zero attached hydrogens (tertiary/aromatic N) is 1. The number of rotatable bonds is 7. The number of hydrogen-bond donors (Lipinski definition) is 0. The van der Waals surface area contributed by atoms with Gasteiger partial charge < -0.3 is 9.90 Å². The molecule has 3 atom stereocenters. The standard InChI is InChI=1S/C21H29NO4/c1-5-13-22(19(24)18(23)21(3,4)6-2)14-12-16(17(22)20(25)26)15-10-8-7-9-11-15/h7-11,16-17H,5-6,12-14H2,1-4H3/t16?,17-,22?/m0/s1. The van der Waals surface area contributed by atoms with Crippen molar-refractivity contribution < 1.29 is 24.0 Å². The Labute approximate surface area is 155 Å². The zero-order chi connectivity index (χ0) is 19.5. The number of amides is 1. The number of likely N-dealkylation sites (tertiary alicyclic amines) is 1. The van der Waals surface area contributed by atoms with Crippen LogP contribution in [0.3, 0.4) is 0 Å². The molecule has 1 fully saturated rings. The highest BCUT2D eigenvalue weighted by atomic mass is 16.4. The molecule has 0 aliphatic carbocycles. The monoisotopic (exact) mass is 359 g/mol. The molecule has 0 N–H and O–H groups in total. The van der Waals surface area contributed by atoms with Gasteiger partial charge in [-0.25, -0.2) is 9.28 Å². The maximum atomic E-state index is 13.3. The van der Waals surface area contributed by atoms with E-state index in [1.165, 1.54) is 0 Å². The molecule has 1 amide bonds. The molecule has 0 spiro atoms. The number of carbonyl (C=O) groups excluding carboxylic acids is 3. The van der Waals surface area contributed by atoms with Crippen molar-refractivity contribution in [1.29, 1.82) is 0 Å². The summed E-state index contributed by atoms with van der Waals surface area (Å²) in [5, 5.41) is 12.1. The van der Waals surface area contributed by atoms with E-state index in [1.54, 1.807) is 13.8 Å². The number of benzene rings is 1. The fourth-order valence-corrected chi connectivity index (χ4v) is 4.06. The Morgan fingerprint density at radius 2 is 1.77 bits per heavy atom. The van der Waals surface area contributed by atoms with Gasteiger partial charge in [-0.1, -0.05) is 58.0 Å². The molecule has 0 bridgehead atoms. The largest absolute Gasteiger partial charge is 0.544 e. The number of carboxylic acids is 1. The topological polar surface area (TPSA) is 74.3 Å². The summed E-state index contributed by atoms with van der Waals surface area (Å²) in [6, 6.07) is 8.34. The molecular formula is C21H29NO4. The molecule has 26 heavy (non-hydrogen) atoms. The molecule has 0 aromatic heterocycles. The molecule has 0 saturated carbocycles. The van der Waals surface area contributed by atoms with Crippen LogP contribution in [-0.2, 0) is 14.4 Å². The fraction of sp³-hybridized carbons (Fsp3) is 0.571. The smallest absolute Gasteiger partial charge is 0.382 e. The summed E-state index contributed by atoms with van der Waals surface area (Å²) in [6.45, 7) is 7.96. The Kier molecular flexibility index (Phi) is 6.02. The summed E-state index contributed by atoms with van der Waals surface area (Å²) < 4.78 is -0.319. The SMILES string of the molecule is CCC[N+]1(C(=O)C(=O)C(C)(C)CC)CCC(c2ccccc2)[C@H]1C(=O)[O-]. The summed E-state index contributed by atoms with van der Waals surface area (Å²) in [4.78, 5) is 38.3. The van der Waals surface area contributed by atoms with Crippen LogP contribution >= 0.6 is 0 Å². The summed E-state index contributed by atoms with van der Waals surface area (Å²) in [6.07, 6.45) is 1.70. The number of ketones is 1. The van der Waals surface area contributed by atoms with Gasteiger partial charge in [-0.05, 0) is 18.4 Å². The minimum absolute atomic E-state index is 0.319. The summed E-state index contributed by atoms with van der Waals surface area (Å²) >= 11 is 0. The quantitative estimate of drug-likeness (QED) is 0.552. The van der Waals surface area contributed by atoms with Crippen LogP contribution in [0.1, 0.15) is 58.4 Å². The third kappa shape index (κ3) is 3.45. The molecule has 1 aromatic rings. The van der Waals surface area contributed by atoms with Crippen LogP contribution in [0.25, 0.3) is 0 Å². The summed E-state index contributed by atoms with van der Waals surface area (Å²) in [5.41, 5.74) is 0.0880. The van der Waals surface area contributed by atoms with Crippen LogP contribution in [0.5, 0.6) is 0 Å². The van der Waals surface area contributed by atoms with Gasteiger partial charge in [-0.2, -0.15) is 0 Å². The van der Waals surface area contributed by atoms with E-state index in [9.17, 15) is 19.5 Å². The van der Waals surface area contributed by atoms with E-state index in [4.69, 9.17) is 0 Å². The third-order valence-electron chi connectivity index (χ3n) is 5.94. The van der Waals surface area contributed by atoms with E-state index in [1.807, 2.05) is 44.2 Å². The average molecular weight is 359 g/mol. The number of Topliss-reactive ketones (excluding diaryl/α,β-unsaturated/α-hetero) is 1. The maximum Gasteiger partial charge on any atom is 0.382 e. The van der Waals surface area contributed by atoms with Crippen molar-refractivity contribution in [2.75, 3.05) is 13.1 Å². The molecule has 1 heterocycles. The van der Waals surface area contributed by atoms with Crippen molar-refractivity contribution in [3.63, 3.8) is 0 Å². The first kappa shape index (κ1) is 20.3. The first-order valence-corrected chi connectivity index (χ1v) is 9.43. The van der Waals surface area contributed by atoms with Gasteiger partial charge in [0.05, 0.1) is 13.1 Å². The lowest BCUT2D eigenvalue weighted by Crippen LogP contribution is -2.65. The molecule has 142 valence electrons. The van der Waals surface area contributed by atoms with E-state index in [0.29, 0.717) is 32.4 Å². The highest BCUT2D eigenvalue weighted by Crippen LogP contribution is 2.40. The van der Waals surface area contributed by atoms with Crippen molar-refractivity contribution in [2.45, 2.75) is 58.9 Å². The zero-order valence-electron chi connectivity index (χ0n) is 16.2. The lowest BCUT2D eigenvalue weighted by molar-refractivity contribution is -0.858. The Hall–Kier alpha value is -2.01. The van der Waals surface area contributed by atoms with E-state index in [2.05, 4.69) is 0 Å². The van der Waals surface area contributed by atoms with Crippen LogP contribution in [0.4, 0.5) is 0 Å². The molecule has 1 saturated heterocycles. The van der Waals surface area contributed by atoms with Crippen molar-refractivity contribution in [3.8, 4) is 0 Å². The minimum atomic E-state index is -1.25. The fourth-order valence-electron chi connectivity index (χ4n) is 4.06. The number of aliphatic carboxylic acids is 1. The molecule has 5 heteroatoms. The molecular weight excluding hydrogens is 330 g/mol. The van der Waals surface area contributed by atoms with Crippen LogP contribution in [0.15, 0.2) is 30.3 Å². The van der Waals surface area contributed by atoms with Gasteiger partial charge in [-0.3, -0.25) is 4.79 Å². The normalized spacial score (nSPS) is 25.8. The summed E-state index contributed by atoms with van der Waals surface area (Å²) in [7, 11) is 0. The van der Waals surface area contributed by atoms with Gasteiger partial charge in [0, 0.05) is 17.8 Å². The van der Waals surface area contributed by atoms with Crippen LogP contribution in [0, 0.1) is 5.41 Å². The van der Waals surface area contributed by atoms with Gasteiger partial charge in [0.1, 0.15) is 12.0 Å². The van der Waals surface area contributed by atoms with Gasteiger partial charge in [-0.15, -0.1) is 0 Å². The second-order valence-electron chi connectivity index (χ2n) is 7.92. The predicted molar refractivity (Wildman–Crippen MR) is 97.0 cm³/mol. The molecule has 0 radical (unpaired) electrons. The van der Waals surface area contributed by atoms with Crippen molar-refractivity contribution >= 4 is 17.7 Å². The molecule has 1 aromatic carbocycles. The van der Waals surface area contributed by atoms with Crippen molar-refractivity contribution in [1.82, 2.24) is 0 Å². The van der Waals surface area contributed by atoms with Crippen LogP contribution in [0.2, 0.25) is 0 Å². The molecule has 1 aliphatic rings. The third-order valence-corrected chi connectivity index (χ3v) is 5.94. The van der Waals surface area contributed by atoms with E-state index in [0.717, 1.165) is 5.56 Å². The molecule has 2 rings (SSSR count). The Morgan fingerprint density at radius 1 is 1.15 bits per heavy atom. The average Bonchev–Trinajstić information content (AvgIpc) is 3.02. The van der Waals surface area contributed by atoms with Gasteiger partial charge in [0.25, 0.3) is 5.78 Å². The second-order valence-corrected chi connectivity index (χ2v) is 7.92. The first-order chi connectivity index (χ1) is 12.2. The van der Waals surface area contributed by atoms with E-state index in [-0.39, 0.29) is 10.4 Å². The second kappa shape index (κ2) is 7.70. The lowest BCUT2D eigenvalue weighted by atomic mass is 9.83. The Balaban J connectivity index is 2.50. The van der Waals surface area contributed by atoms with E-state index < -0.39 is 29.1 Å². The predicted octanol–water partition coefficient (Wildman–Crippen LogP) is 2.05. The van der Waals surface area contributed by atoms with Gasteiger partial charge >= 0.3 is 5.91 Å². The minimum Gasteiger partial charge on any atom is -0.544 e. The van der Waals surface area contributed by atoms with Crippen LogP contribution < -0.4 is 5.11 Å². The van der Waals surface area contributed by atoms with Gasteiger partial charge in [0.2, 0.25) is 0 Å². The number of carbonyl (C=O) groups is 3. The lowest BCUT2D eigenvalue weighted by Gasteiger charge is -2.40. The first-order valence-electron chi connectivity index (χ1n) is 9.43. The molecule has 2 unspecified atom stereocenters. The summed E-state index contributed by atoms with van der Waals surface area (Å²) in [5.74, 6) is -2.63. The van der Waals surface area contributed by atoms with Gasteiger partial charge in [0.15, 0.2) is 0 Å².